The Labute approximate surface area is 106 Å². The van der Waals surface area contributed by atoms with Gasteiger partial charge in [-0.3, -0.25) is 10.2 Å². The van der Waals surface area contributed by atoms with Gasteiger partial charge < -0.3 is 4.90 Å². The van der Waals surface area contributed by atoms with Gasteiger partial charge in [0.15, 0.2) is 5.01 Å². The summed E-state index contributed by atoms with van der Waals surface area (Å²) in [5.41, 5.74) is 2.48. The SMILES string of the molecule is CN(CCC(F)(F)F)Cc1csc(C(=O)NN)n1. The lowest BCUT2D eigenvalue weighted by Gasteiger charge is -2.16. The highest BCUT2D eigenvalue weighted by atomic mass is 32.1. The lowest BCUT2D eigenvalue weighted by Crippen LogP contribution is -2.30. The zero-order valence-corrected chi connectivity index (χ0v) is 10.4. The molecule has 1 aromatic heterocycles. The fraction of sp³-hybridized carbons (Fsp3) is 0.556. The Morgan fingerprint density at radius 3 is 2.83 bits per heavy atom. The first-order valence-electron chi connectivity index (χ1n) is 5.02. The Morgan fingerprint density at radius 1 is 1.61 bits per heavy atom. The van der Waals surface area contributed by atoms with Gasteiger partial charge in [0.25, 0.3) is 5.91 Å². The molecule has 0 saturated heterocycles. The largest absolute Gasteiger partial charge is 0.390 e. The van der Waals surface area contributed by atoms with Gasteiger partial charge in [-0.2, -0.15) is 13.2 Å². The number of nitrogens with zero attached hydrogens (tertiary/aromatic N) is 2. The second kappa shape index (κ2) is 6.12. The highest BCUT2D eigenvalue weighted by Crippen LogP contribution is 2.20. The van der Waals surface area contributed by atoms with Crippen molar-refractivity contribution < 1.29 is 18.0 Å². The highest BCUT2D eigenvalue weighted by Gasteiger charge is 2.27. The van der Waals surface area contributed by atoms with Crippen LogP contribution in [0.15, 0.2) is 5.38 Å². The average Bonchev–Trinajstić information content (AvgIpc) is 2.73. The fourth-order valence-corrected chi connectivity index (χ4v) is 1.93. The number of nitrogens with two attached hydrogens (primary N) is 1. The van der Waals surface area contributed by atoms with Crippen molar-refractivity contribution in [3.05, 3.63) is 16.1 Å². The van der Waals surface area contributed by atoms with Crippen LogP contribution in [0, 0.1) is 0 Å². The minimum Gasteiger partial charge on any atom is -0.300 e. The molecule has 0 aliphatic heterocycles. The zero-order chi connectivity index (χ0) is 13.8. The average molecular weight is 282 g/mol. The number of nitrogen functional groups attached to an aromatic ring is 1. The number of hydrogen-bond donors (Lipinski definition) is 2. The van der Waals surface area contributed by atoms with Gasteiger partial charge in [-0.05, 0) is 7.05 Å². The summed E-state index contributed by atoms with van der Waals surface area (Å²) in [6.45, 7) is 0.143. The Morgan fingerprint density at radius 2 is 2.28 bits per heavy atom. The van der Waals surface area contributed by atoms with Crippen LogP contribution in [0.5, 0.6) is 0 Å². The molecule has 0 aromatic carbocycles. The van der Waals surface area contributed by atoms with E-state index in [1.807, 2.05) is 5.43 Å². The third-order valence-corrected chi connectivity index (χ3v) is 2.98. The normalized spacial score (nSPS) is 11.9. The molecule has 1 heterocycles. The van der Waals surface area contributed by atoms with E-state index < -0.39 is 18.5 Å². The quantitative estimate of drug-likeness (QED) is 0.482. The summed E-state index contributed by atoms with van der Waals surface area (Å²) in [6, 6.07) is 0. The van der Waals surface area contributed by atoms with Gasteiger partial charge in [0.05, 0.1) is 12.1 Å². The molecule has 0 radical (unpaired) electrons. The first-order valence-corrected chi connectivity index (χ1v) is 5.90. The summed E-state index contributed by atoms with van der Waals surface area (Å²) in [5, 5.41) is 1.81. The van der Waals surface area contributed by atoms with Crippen LogP contribution in [0.4, 0.5) is 13.2 Å². The van der Waals surface area contributed by atoms with Crippen molar-refractivity contribution in [2.75, 3.05) is 13.6 Å². The van der Waals surface area contributed by atoms with Gasteiger partial charge in [-0.1, -0.05) is 0 Å². The molecular weight excluding hydrogens is 269 g/mol. The lowest BCUT2D eigenvalue weighted by atomic mass is 10.3. The van der Waals surface area contributed by atoms with Crippen LogP contribution in [0.25, 0.3) is 0 Å². The Bertz CT molecular complexity index is 407. The molecule has 1 aromatic rings. The second-order valence-corrected chi connectivity index (χ2v) is 4.58. The monoisotopic (exact) mass is 282 g/mol. The maximum atomic E-state index is 12.0. The molecule has 9 heteroatoms. The van der Waals surface area contributed by atoms with E-state index in [-0.39, 0.29) is 18.1 Å². The van der Waals surface area contributed by atoms with Gasteiger partial charge >= 0.3 is 6.18 Å². The van der Waals surface area contributed by atoms with E-state index in [2.05, 4.69) is 4.98 Å². The minimum absolute atomic E-state index is 0.112. The molecule has 0 saturated carbocycles. The first-order chi connectivity index (χ1) is 8.31. The number of halogens is 3. The first kappa shape index (κ1) is 14.9. The third kappa shape index (κ3) is 4.98. The smallest absolute Gasteiger partial charge is 0.300 e. The van der Waals surface area contributed by atoms with Crippen LogP contribution in [-0.2, 0) is 6.54 Å². The number of aromatic nitrogens is 1. The molecular formula is C9H13F3N4OS. The van der Waals surface area contributed by atoms with E-state index in [1.54, 1.807) is 12.4 Å². The zero-order valence-electron chi connectivity index (χ0n) is 9.62. The molecule has 0 fully saturated rings. The molecule has 102 valence electrons. The molecule has 1 amide bonds. The van der Waals surface area contributed by atoms with Crippen molar-refractivity contribution >= 4 is 17.2 Å². The molecule has 18 heavy (non-hydrogen) atoms. The summed E-state index contributed by atoms with van der Waals surface area (Å²) in [4.78, 5) is 16.6. The number of alkyl halides is 3. The maximum Gasteiger partial charge on any atom is 0.390 e. The number of hydrazine groups is 1. The van der Waals surface area contributed by atoms with E-state index in [0.717, 1.165) is 11.3 Å². The van der Waals surface area contributed by atoms with E-state index in [9.17, 15) is 18.0 Å². The number of carbonyl (C=O) groups excluding carboxylic acids is 1. The molecule has 0 aliphatic rings. The summed E-state index contributed by atoms with van der Waals surface area (Å²) >= 11 is 1.10. The number of carbonyl (C=O) groups is 1. The van der Waals surface area contributed by atoms with Crippen molar-refractivity contribution in [1.29, 1.82) is 0 Å². The number of thiazole rings is 1. The summed E-state index contributed by atoms with van der Waals surface area (Å²) in [5.74, 6) is 4.43. The lowest BCUT2D eigenvalue weighted by molar-refractivity contribution is -0.137. The molecule has 1 rings (SSSR count). The van der Waals surface area contributed by atoms with Gasteiger partial charge in [-0.15, -0.1) is 11.3 Å². The molecule has 0 bridgehead atoms. The number of nitrogens with one attached hydrogen (secondary N) is 1. The topological polar surface area (TPSA) is 71.2 Å². The van der Waals surface area contributed by atoms with Crippen LogP contribution in [0.3, 0.4) is 0 Å². The van der Waals surface area contributed by atoms with Gasteiger partial charge in [0.1, 0.15) is 0 Å². The van der Waals surface area contributed by atoms with Crippen molar-refractivity contribution in [3.8, 4) is 0 Å². The van der Waals surface area contributed by atoms with Crippen LogP contribution in [0.1, 0.15) is 21.9 Å². The molecule has 0 unspecified atom stereocenters. The van der Waals surface area contributed by atoms with Gasteiger partial charge in [-0.25, -0.2) is 10.8 Å². The maximum absolute atomic E-state index is 12.0. The second-order valence-electron chi connectivity index (χ2n) is 3.72. The van der Waals surface area contributed by atoms with Crippen LogP contribution >= 0.6 is 11.3 Å². The van der Waals surface area contributed by atoms with Crippen molar-refractivity contribution in [2.24, 2.45) is 5.84 Å². The van der Waals surface area contributed by atoms with E-state index >= 15 is 0 Å². The Balaban J connectivity index is 2.47. The summed E-state index contributed by atoms with van der Waals surface area (Å²) < 4.78 is 36.0. The summed E-state index contributed by atoms with van der Waals surface area (Å²) in [7, 11) is 1.56. The predicted molar refractivity (Wildman–Crippen MR) is 60.8 cm³/mol. The number of amides is 1. The Hall–Kier alpha value is -1.19. The molecule has 0 spiro atoms. The minimum atomic E-state index is -4.17. The summed E-state index contributed by atoms with van der Waals surface area (Å²) in [6.07, 6.45) is -5.04. The van der Waals surface area contributed by atoms with E-state index in [0.29, 0.717) is 5.69 Å². The van der Waals surface area contributed by atoms with Crippen molar-refractivity contribution in [1.82, 2.24) is 15.3 Å². The van der Waals surface area contributed by atoms with Crippen LogP contribution in [0.2, 0.25) is 0 Å². The van der Waals surface area contributed by atoms with Crippen LogP contribution < -0.4 is 11.3 Å². The fourth-order valence-electron chi connectivity index (χ4n) is 1.22. The van der Waals surface area contributed by atoms with Crippen molar-refractivity contribution in [2.45, 2.75) is 19.1 Å². The standard InChI is InChI=1S/C9H13F3N4OS/c1-16(3-2-9(10,11)12)4-6-5-18-8(14-6)7(17)15-13/h5H,2-4,13H2,1H3,(H,15,17). The molecule has 0 aliphatic carbocycles. The van der Waals surface area contributed by atoms with E-state index in [4.69, 9.17) is 5.84 Å². The molecule has 0 atom stereocenters. The highest BCUT2D eigenvalue weighted by molar-refractivity contribution is 7.11. The Kier molecular flexibility index (Phi) is 5.05. The molecule has 5 nitrogen and oxygen atoms in total. The third-order valence-electron chi connectivity index (χ3n) is 2.09. The van der Waals surface area contributed by atoms with Crippen LogP contribution in [-0.4, -0.2) is 35.6 Å². The van der Waals surface area contributed by atoms with Gasteiger partial charge in [0, 0.05) is 18.5 Å². The number of hydrogen-bond acceptors (Lipinski definition) is 5. The van der Waals surface area contributed by atoms with E-state index in [1.165, 1.54) is 4.90 Å². The molecule has 3 N–H and O–H groups in total. The van der Waals surface area contributed by atoms with Gasteiger partial charge in [0.2, 0.25) is 0 Å². The predicted octanol–water partition coefficient (Wildman–Crippen LogP) is 1.13. The van der Waals surface area contributed by atoms with Crippen molar-refractivity contribution in [3.63, 3.8) is 0 Å². The number of rotatable bonds is 5.